The van der Waals surface area contributed by atoms with Gasteiger partial charge in [-0.2, -0.15) is 0 Å². The van der Waals surface area contributed by atoms with E-state index < -0.39 is 5.54 Å². The predicted molar refractivity (Wildman–Crippen MR) is 105 cm³/mol. The molecule has 2 fully saturated rings. The maximum Gasteiger partial charge on any atom is 0.241 e. The molecule has 3 unspecified atom stereocenters. The molecule has 0 spiro atoms. The summed E-state index contributed by atoms with van der Waals surface area (Å²) in [5, 5.41) is 4.30. The Labute approximate surface area is 160 Å². The summed E-state index contributed by atoms with van der Waals surface area (Å²) in [7, 11) is 0. The van der Waals surface area contributed by atoms with Gasteiger partial charge in [0.1, 0.15) is 5.54 Å². The van der Waals surface area contributed by atoms with Crippen LogP contribution in [0.25, 0.3) is 10.9 Å². The van der Waals surface area contributed by atoms with E-state index in [1.165, 1.54) is 10.9 Å². The summed E-state index contributed by atoms with van der Waals surface area (Å²) in [5.41, 5.74) is 7.81. The van der Waals surface area contributed by atoms with Crippen LogP contribution >= 0.6 is 12.4 Å². The minimum Gasteiger partial charge on any atom is -0.377 e. The molecular formula is C20H28ClN3O2. The molecule has 6 heteroatoms. The molecule has 1 aliphatic carbocycles. The Morgan fingerprint density at radius 2 is 2.15 bits per heavy atom. The highest BCUT2D eigenvalue weighted by atomic mass is 35.5. The molecule has 0 radical (unpaired) electrons. The van der Waals surface area contributed by atoms with E-state index in [0.717, 1.165) is 31.4 Å². The van der Waals surface area contributed by atoms with Crippen molar-refractivity contribution in [2.24, 2.45) is 17.1 Å². The third kappa shape index (κ3) is 2.65. The molecule has 1 aromatic heterocycles. The molecule has 0 bridgehead atoms. The molecule has 2 aromatic rings. The van der Waals surface area contributed by atoms with Gasteiger partial charge >= 0.3 is 0 Å². The monoisotopic (exact) mass is 377 g/mol. The third-order valence-electron chi connectivity index (χ3n) is 6.42. The van der Waals surface area contributed by atoms with Crippen molar-refractivity contribution in [1.29, 1.82) is 0 Å². The topological polar surface area (TPSA) is 80.1 Å². The fourth-order valence-corrected chi connectivity index (χ4v) is 4.83. The predicted octanol–water partition coefficient (Wildman–Crippen LogP) is 2.78. The van der Waals surface area contributed by atoms with Crippen molar-refractivity contribution in [3.05, 3.63) is 36.0 Å². The molecule has 142 valence electrons. The van der Waals surface area contributed by atoms with Gasteiger partial charge in [0.25, 0.3) is 0 Å². The van der Waals surface area contributed by atoms with Crippen molar-refractivity contribution < 1.29 is 9.53 Å². The standard InChI is InChI=1S/C20H27N3O2.ClH/c1-19(2)17-15(7-5-11-25-17)20(19,21)18(24)22-10-9-13-12-23-16-8-4-3-6-14(13)16;/h3-4,6,8,12,15,17,23H,5,7,9-11,21H2,1-2H3,(H,22,24);1H. The van der Waals surface area contributed by atoms with Crippen LogP contribution in [0.1, 0.15) is 32.3 Å². The summed E-state index contributed by atoms with van der Waals surface area (Å²) in [4.78, 5) is 16.2. The summed E-state index contributed by atoms with van der Waals surface area (Å²) in [6.45, 7) is 5.48. The summed E-state index contributed by atoms with van der Waals surface area (Å²) in [6, 6.07) is 8.22. The van der Waals surface area contributed by atoms with Crippen molar-refractivity contribution in [2.75, 3.05) is 13.2 Å². The first-order chi connectivity index (χ1) is 12.0. The second-order valence-electron chi connectivity index (χ2n) is 8.00. The quantitative estimate of drug-likeness (QED) is 0.766. The lowest BCUT2D eigenvalue weighted by Crippen LogP contribution is -2.82. The molecule has 2 aliphatic rings. The second kappa shape index (κ2) is 6.87. The van der Waals surface area contributed by atoms with Gasteiger partial charge in [0.15, 0.2) is 0 Å². The number of aromatic nitrogens is 1. The molecule has 1 saturated carbocycles. The highest BCUT2D eigenvalue weighted by Gasteiger charge is 2.70. The van der Waals surface area contributed by atoms with E-state index in [4.69, 9.17) is 10.5 Å². The van der Waals surface area contributed by atoms with Crippen LogP contribution in [0.5, 0.6) is 0 Å². The number of carbonyl (C=O) groups excluding carboxylic acids is 1. The fraction of sp³-hybridized carbons (Fsp3) is 0.550. The third-order valence-corrected chi connectivity index (χ3v) is 6.42. The summed E-state index contributed by atoms with van der Waals surface area (Å²) in [5.74, 6) is 0.0911. The van der Waals surface area contributed by atoms with Crippen LogP contribution in [0.3, 0.4) is 0 Å². The number of H-pyrrole nitrogens is 1. The molecule has 4 N–H and O–H groups in total. The van der Waals surface area contributed by atoms with Gasteiger partial charge < -0.3 is 20.8 Å². The van der Waals surface area contributed by atoms with Gasteiger partial charge in [-0.15, -0.1) is 12.4 Å². The zero-order chi connectivity index (χ0) is 17.7. The Hall–Kier alpha value is -1.56. The molecule has 3 atom stereocenters. The van der Waals surface area contributed by atoms with Gasteiger partial charge in [0.05, 0.1) is 6.10 Å². The fourth-order valence-electron chi connectivity index (χ4n) is 4.83. The number of amides is 1. The largest absolute Gasteiger partial charge is 0.377 e. The van der Waals surface area contributed by atoms with E-state index in [2.05, 4.69) is 36.3 Å². The minimum atomic E-state index is -0.835. The Morgan fingerprint density at radius 1 is 1.38 bits per heavy atom. The number of rotatable bonds is 4. The van der Waals surface area contributed by atoms with Crippen LogP contribution in [0.15, 0.2) is 30.5 Å². The second-order valence-corrected chi connectivity index (χ2v) is 8.00. The molecule has 4 rings (SSSR count). The zero-order valence-corrected chi connectivity index (χ0v) is 16.2. The van der Waals surface area contributed by atoms with Crippen LogP contribution in [0.2, 0.25) is 0 Å². The first-order valence-corrected chi connectivity index (χ1v) is 9.20. The molecule has 2 heterocycles. The van der Waals surface area contributed by atoms with Crippen molar-refractivity contribution in [1.82, 2.24) is 10.3 Å². The SMILES string of the molecule is CC1(C)C2OCCCC2C1(N)C(=O)NCCc1c[nH]c2ccccc12.Cl. The lowest BCUT2D eigenvalue weighted by atomic mass is 9.46. The van der Waals surface area contributed by atoms with Gasteiger partial charge in [-0.05, 0) is 30.9 Å². The van der Waals surface area contributed by atoms with Gasteiger partial charge in [-0.25, -0.2) is 0 Å². The van der Waals surface area contributed by atoms with E-state index >= 15 is 0 Å². The Bertz CT molecular complexity index is 803. The van der Waals surface area contributed by atoms with Crippen LogP contribution < -0.4 is 11.1 Å². The summed E-state index contributed by atoms with van der Waals surface area (Å²) < 4.78 is 5.89. The van der Waals surface area contributed by atoms with Gasteiger partial charge in [0, 0.05) is 41.6 Å². The number of para-hydroxylation sites is 1. The lowest BCUT2D eigenvalue weighted by Gasteiger charge is -2.65. The molecule has 1 aromatic carbocycles. The normalized spacial score (nSPS) is 29.3. The summed E-state index contributed by atoms with van der Waals surface area (Å²) in [6.07, 6.45) is 4.87. The molecule has 26 heavy (non-hydrogen) atoms. The molecule has 1 aliphatic heterocycles. The molecule has 5 nitrogen and oxygen atoms in total. The van der Waals surface area contributed by atoms with E-state index in [-0.39, 0.29) is 35.8 Å². The van der Waals surface area contributed by atoms with Crippen molar-refractivity contribution in [3.8, 4) is 0 Å². The Kier molecular flexibility index (Phi) is 5.08. The number of nitrogens with two attached hydrogens (primary N) is 1. The van der Waals surface area contributed by atoms with Crippen molar-refractivity contribution in [2.45, 2.75) is 44.8 Å². The number of nitrogens with one attached hydrogen (secondary N) is 2. The number of fused-ring (bicyclic) bond motifs is 2. The lowest BCUT2D eigenvalue weighted by molar-refractivity contribution is -0.225. The van der Waals surface area contributed by atoms with E-state index in [9.17, 15) is 4.79 Å². The van der Waals surface area contributed by atoms with E-state index in [1.54, 1.807) is 0 Å². The van der Waals surface area contributed by atoms with Gasteiger partial charge in [-0.1, -0.05) is 32.0 Å². The number of hydrogen-bond acceptors (Lipinski definition) is 3. The number of hydrogen-bond donors (Lipinski definition) is 3. The van der Waals surface area contributed by atoms with Gasteiger partial charge in [-0.3, -0.25) is 4.79 Å². The average Bonchev–Trinajstić information content (AvgIpc) is 3.04. The van der Waals surface area contributed by atoms with Crippen LogP contribution in [-0.4, -0.2) is 35.7 Å². The Balaban J connectivity index is 0.00000196. The summed E-state index contributed by atoms with van der Waals surface area (Å²) >= 11 is 0. The van der Waals surface area contributed by atoms with E-state index in [1.807, 2.05) is 18.3 Å². The smallest absolute Gasteiger partial charge is 0.241 e. The number of halogens is 1. The number of benzene rings is 1. The number of ether oxygens (including phenoxy) is 1. The first kappa shape index (κ1) is 19.2. The maximum atomic E-state index is 12.9. The van der Waals surface area contributed by atoms with Gasteiger partial charge in [0.2, 0.25) is 5.91 Å². The first-order valence-electron chi connectivity index (χ1n) is 9.20. The number of aromatic amines is 1. The van der Waals surface area contributed by atoms with E-state index in [0.29, 0.717) is 6.54 Å². The molecule has 1 saturated heterocycles. The zero-order valence-electron chi connectivity index (χ0n) is 15.4. The van der Waals surface area contributed by atoms with Crippen molar-refractivity contribution in [3.63, 3.8) is 0 Å². The van der Waals surface area contributed by atoms with Crippen LogP contribution in [0, 0.1) is 11.3 Å². The minimum absolute atomic E-state index is 0. The van der Waals surface area contributed by atoms with Crippen LogP contribution in [0.4, 0.5) is 0 Å². The Morgan fingerprint density at radius 3 is 2.96 bits per heavy atom. The van der Waals surface area contributed by atoms with Crippen LogP contribution in [-0.2, 0) is 16.0 Å². The average molecular weight is 378 g/mol. The molecule has 1 amide bonds. The molecular weight excluding hydrogens is 350 g/mol. The van der Waals surface area contributed by atoms with Crippen molar-refractivity contribution >= 4 is 29.2 Å². The highest BCUT2D eigenvalue weighted by molar-refractivity contribution is 5.89. The number of carbonyl (C=O) groups is 1. The highest BCUT2D eigenvalue weighted by Crippen LogP contribution is 2.57. The maximum absolute atomic E-state index is 12.9.